The van der Waals surface area contributed by atoms with E-state index in [0.29, 0.717) is 5.84 Å². The first-order valence-electron chi connectivity index (χ1n) is 8.59. The van der Waals surface area contributed by atoms with Crippen molar-refractivity contribution in [1.82, 2.24) is 4.90 Å². The molecule has 2 N–H and O–H groups in total. The van der Waals surface area contributed by atoms with E-state index in [1.165, 1.54) is 32.0 Å². The number of esters is 3. The SMILES string of the molecule is CC(=O)OC[C@H]1O[C@@H](N2C=NC3C(=S)N=C(N)N=C32)[C@H](OC(C)=O)[C@@H]1OC(C)=O. The van der Waals surface area contributed by atoms with E-state index >= 15 is 0 Å². The molecule has 12 nitrogen and oxygen atoms in total. The summed E-state index contributed by atoms with van der Waals surface area (Å²) < 4.78 is 21.7. The Morgan fingerprint density at radius 2 is 1.79 bits per heavy atom. The molecule has 13 heteroatoms. The van der Waals surface area contributed by atoms with Gasteiger partial charge in [-0.05, 0) is 0 Å². The Bertz CT molecular complexity index is 842. The molecule has 3 aliphatic heterocycles. The molecule has 3 heterocycles. The molecule has 0 radical (unpaired) electrons. The highest BCUT2D eigenvalue weighted by Crippen LogP contribution is 2.32. The van der Waals surface area contributed by atoms with Gasteiger partial charge in [-0.3, -0.25) is 24.3 Å². The van der Waals surface area contributed by atoms with Gasteiger partial charge < -0.3 is 24.7 Å². The summed E-state index contributed by atoms with van der Waals surface area (Å²) in [5.74, 6) is -1.50. The van der Waals surface area contributed by atoms with E-state index in [9.17, 15) is 14.4 Å². The molecule has 0 aliphatic carbocycles. The average molecular weight is 425 g/mol. The zero-order chi connectivity index (χ0) is 21.3. The van der Waals surface area contributed by atoms with Gasteiger partial charge in [0, 0.05) is 20.8 Å². The van der Waals surface area contributed by atoms with Gasteiger partial charge in [0.15, 0.2) is 24.5 Å². The molecule has 5 atom stereocenters. The van der Waals surface area contributed by atoms with Crippen LogP contribution in [-0.2, 0) is 33.3 Å². The van der Waals surface area contributed by atoms with Gasteiger partial charge >= 0.3 is 17.9 Å². The molecule has 0 aromatic rings. The summed E-state index contributed by atoms with van der Waals surface area (Å²) in [4.78, 5) is 48.6. The van der Waals surface area contributed by atoms with Crippen LogP contribution in [0.4, 0.5) is 0 Å². The van der Waals surface area contributed by atoms with Crippen molar-refractivity contribution in [3.8, 4) is 0 Å². The normalized spacial score (nSPS) is 30.4. The second kappa shape index (κ2) is 8.21. The van der Waals surface area contributed by atoms with Crippen LogP contribution in [-0.4, -0.2) is 83.1 Å². The van der Waals surface area contributed by atoms with Gasteiger partial charge in [0.2, 0.25) is 5.96 Å². The summed E-state index contributed by atoms with van der Waals surface area (Å²) >= 11 is 5.18. The van der Waals surface area contributed by atoms with Crippen molar-refractivity contribution in [2.45, 2.75) is 51.4 Å². The van der Waals surface area contributed by atoms with Crippen LogP contribution in [0.3, 0.4) is 0 Å². The quantitative estimate of drug-likeness (QED) is 0.326. The van der Waals surface area contributed by atoms with Crippen LogP contribution >= 0.6 is 12.2 Å². The fourth-order valence-electron chi connectivity index (χ4n) is 3.13. The van der Waals surface area contributed by atoms with Crippen LogP contribution in [0.15, 0.2) is 15.0 Å². The van der Waals surface area contributed by atoms with Gasteiger partial charge in [-0.15, -0.1) is 0 Å². The molecule has 0 spiro atoms. The van der Waals surface area contributed by atoms with Gasteiger partial charge in [-0.2, -0.15) is 4.99 Å². The maximum Gasteiger partial charge on any atom is 0.303 e. The first-order valence-corrected chi connectivity index (χ1v) is 8.99. The summed E-state index contributed by atoms with van der Waals surface area (Å²) in [6.45, 7) is 3.42. The standard InChI is InChI=1S/C16H19N5O7S/c1-6(22)25-4-9-11(26-7(2)23)12(27-8(3)24)15(28-9)21-5-18-10-13(21)19-16(17)20-14(10)29/h5,9-12,15H,4H2,1-3H3,(H2,17,20,29)/t9-,10?,11-,12-,15-/m1/s1. The first-order chi connectivity index (χ1) is 13.7. The molecule has 0 amide bonds. The maximum atomic E-state index is 11.7. The third-order valence-corrected chi connectivity index (χ3v) is 4.47. The minimum Gasteiger partial charge on any atom is -0.463 e. The number of carbonyl (C=O) groups is 3. The number of thiocarbonyl (C=S) groups is 1. The number of rotatable bonds is 5. The Hall–Kier alpha value is -2.93. The van der Waals surface area contributed by atoms with Gasteiger partial charge in [-0.1, -0.05) is 12.2 Å². The van der Waals surface area contributed by atoms with Crippen LogP contribution in [0.2, 0.25) is 0 Å². The van der Waals surface area contributed by atoms with E-state index in [2.05, 4.69) is 15.0 Å². The summed E-state index contributed by atoms with van der Waals surface area (Å²) in [7, 11) is 0. The van der Waals surface area contributed by atoms with Crippen molar-refractivity contribution in [2.24, 2.45) is 20.7 Å². The predicted molar refractivity (Wildman–Crippen MR) is 102 cm³/mol. The number of nitrogens with zero attached hydrogens (tertiary/aromatic N) is 4. The number of nitrogens with two attached hydrogens (primary N) is 1. The number of ether oxygens (including phenoxy) is 4. The second-order valence-electron chi connectivity index (χ2n) is 6.37. The predicted octanol–water partition coefficient (Wildman–Crippen LogP) is -1.10. The summed E-state index contributed by atoms with van der Waals surface area (Å²) in [6, 6.07) is -0.640. The minimum atomic E-state index is -1.06. The number of aliphatic imine (C=N–C) groups is 3. The molecule has 0 saturated carbocycles. The first kappa shape index (κ1) is 20.8. The van der Waals surface area contributed by atoms with Crippen LogP contribution in [0, 0.1) is 0 Å². The fraction of sp³-hybridized carbons (Fsp3) is 0.562. The Kier molecular flexibility index (Phi) is 5.88. The molecule has 29 heavy (non-hydrogen) atoms. The molecule has 3 aliphatic rings. The third kappa shape index (κ3) is 4.40. The lowest BCUT2D eigenvalue weighted by molar-refractivity contribution is -0.166. The van der Waals surface area contributed by atoms with Gasteiger partial charge in [0.25, 0.3) is 0 Å². The number of guanidine groups is 1. The van der Waals surface area contributed by atoms with Gasteiger partial charge in [0.1, 0.15) is 23.5 Å². The molecule has 1 unspecified atom stereocenters. The topological polar surface area (TPSA) is 154 Å². The molecular formula is C16H19N5O7S. The lowest BCUT2D eigenvalue weighted by Gasteiger charge is -2.29. The Morgan fingerprint density at radius 1 is 1.14 bits per heavy atom. The molecule has 0 aromatic carbocycles. The van der Waals surface area contributed by atoms with Gasteiger partial charge in [-0.25, -0.2) is 4.99 Å². The summed E-state index contributed by atoms with van der Waals surface area (Å²) in [5, 5.41) is 0. The molecule has 3 rings (SSSR count). The van der Waals surface area contributed by atoms with Crippen molar-refractivity contribution >= 4 is 53.2 Å². The third-order valence-electron chi connectivity index (χ3n) is 4.15. The summed E-state index contributed by atoms with van der Waals surface area (Å²) in [5.41, 5.74) is 5.70. The molecule has 0 aromatic heterocycles. The molecule has 1 saturated heterocycles. The zero-order valence-electron chi connectivity index (χ0n) is 15.8. The number of hydrogen-bond acceptors (Lipinski definition) is 12. The lowest BCUT2D eigenvalue weighted by Crippen LogP contribution is -2.50. The van der Waals surface area contributed by atoms with Crippen molar-refractivity contribution in [1.29, 1.82) is 0 Å². The highest BCUT2D eigenvalue weighted by Gasteiger charge is 2.54. The average Bonchev–Trinajstić information content (AvgIpc) is 3.15. The van der Waals surface area contributed by atoms with Crippen LogP contribution in [0.25, 0.3) is 0 Å². The minimum absolute atomic E-state index is 0.0493. The zero-order valence-corrected chi connectivity index (χ0v) is 16.6. The highest BCUT2D eigenvalue weighted by molar-refractivity contribution is 7.80. The van der Waals surface area contributed by atoms with Gasteiger partial charge in [0.05, 0.1) is 6.34 Å². The Labute approximate surface area is 170 Å². The number of amidine groups is 1. The maximum absolute atomic E-state index is 11.7. The highest BCUT2D eigenvalue weighted by atomic mass is 32.1. The monoisotopic (exact) mass is 425 g/mol. The number of hydrogen-bond donors (Lipinski definition) is 1. The fourth-order valence-corrected chi connectivity index (χ4v) is 3.39. The van der Waals surface area contributed by atoms with E-state index in [1.807, 2.05) is 0 Å². The second-order valence-corrected chi connectivity index (χ2v) is 6.79. The van der Waals surface area contributed by atoms with E-state index in [4.69, 9.17) is 36.9 Å². The smallest absolute Gasteiger partial charge is 0.303 e. The van der Waals surface area contributed by atoms with E-state index < -0.39 is 48.5 Å². The van der Waals surface area contributed by atoms with Crippen molar-refractivity contribution in [2.75, 3.05) is 6.61 Å². The van der Waals surface area contributed by atoms with Crippen LogP contribution < -0.4 is 5.73 Å². The molecular weight excluding hydrogens is 406 g/mol. The van der Waals surface area contributed by atoms with E-state index in [1.54, 1.807) is 0 Å². The summed E-state index contributed by atoms with van der Waals surface area (Å²) in [6.07, 6.45) is -2.56. The molecule has 1 fully saturated rings. The Morgan fingerprint density at radius 3 is 2.41 bits per heavy atom. The number of carbonyl (C=O) groups excluding carboxylic acids is 3. The van der Waals surface area contributed by atoms with Crippen molar-refractivity contribution in [3.05, 3.63) is 0 Å². The van der Waals surface area contributed by atoms with E-state index in [0.717, 1.165) is 0 Å². The lowest BCUT2D eigenvalue weighted by atomic mass is 10.1. The van der Waals surface area contributed by atoms with E-state index in [-0.39, 0.29) is 17.6 Å². The molecule has 0 bridgehead atoms. The largest absolute Gasteiger partial charge is 0.463 e. The van der Waals surface area contributed by atoms with Crippen molar-refractivity contribution < 1.29 is 33.3 Å². The Balaban J connectivity index is 1.93. The van der Waals surface area contributed by atoms with Crippen LogP contribution in [0.1, 0.15) is 20.8 Å². The molecule has 156 valence electrons. The number of fused-ring (bicyclic) bond motifs is 1. The van der Waals surface area contributed by atoms with Crippen molar-refractivity contribution in [3.63, 3.8) is 0 Å². The van der Waals surface area contributed by atoms with Crippen LogP contribution in [0.5, 0.6) is 0 Å².